The van der Waals surface area contributed by atoms with Crippen LogP contribution < -0.4 is 40.2 Å². The topological polar surface area (TPSA) is 277 Å². The summed E-state index contributed by atoms with van der Waals surface area (Å²) in [5.41, 5.74) is 13.5. The minimum atomic E-state index is 0.474. The van der Waals surface area contributed by atoms with E-state index in [0.29, 0.717) is 58.2 Å². The SMILES string of the molecule is [O-][n+]1ccc(CNc2cc(-c3ccc(Cl)cc3)nc3c(Br)cnn23)cc1.[O-][n+]1ccc(CNc2cc(-c3ccccc3)nc3c(Br)cnn23)cc1.[O-][n+]1cccc(CNc2cc(-c3ccc(Cl)cc3)nc3c(Br)cnn23)c1.[O-][n+]1cccc(CNc2cc(-c3ccccc3Cl)nc3c(Br)cnn23)c1. The lowest BCUT2D eigenvalue weighted by Gasteiger charge is -2.11. The van der Waals surface area contributed by atoms with E-state index in [4.69, 9.17) is 39.8 Å². The Balaban J connectivity index is 0.000000122. The quantitative estimate of drug-likeness (QED) is 0.0517. The monoisotopic (exact) mass is 1680 g/mol. The van der Waals surface area contributed by atoms with Crippen molar-refractivity contribution in [2.45, 2.75) is 26.2 Å². The first-order valence-electron chi connectivity index (χ1n) is 31.2. The van der Waals surface area contributed by atoms with Crippen LogP contribution in [0.4, 0.5) is 23.3 Å². The van der Waals surface area contributed by atoms with Gasteiger partial charge in [0.15, 0.2) is 72.2 Å². The zero-order chi connectivity index (χ0) is 71.5. The highest BCUT2D eigenvalue weighted by atomic mass is 79.9. The molecule has 103 heavy (non-hydrogen) atoms. The number of halogens is 7. The van der Waals surface area contributed by atoms with Crippen molar-refractivity contribution in [1.29, 1.82) is 0 Å². The highest BCUT2D eigenvalue weighted by Crippen LogP contribution is 2.33. The molecule has 12 heterocycles. The lowest BCUT2D eigenvalue weighted by atomic mass is 10.1. The number of rotatable bonds is 16. The second kappa shape index (κ2) is 32.4. The Bertz CT molecular complexity index is 5650. The maximum atomic E-state index is 11.4. The van der Waals surface area contributed by atoms with Crippen molar-refractivity contribution < 1.29 is 18.9 Å². The Hall–Kier alpha value is -10.9. The molecule has 31 heteroatoms. The van der Waals surface area contributed by atoms with Crippen molar-refractivity contribution in [1.82, 2.24) is 58.4 Å². The zero-order valence-electron chi connectivity index (χ0n) is 53.4. The number of hydrogen-bond acceptors (Lipinski definition) is 16. The Kier molecular flexibility index (Phi) is 22.2. The van der Waals surface area contributed by atoms with Gasteiger partial charge in [-0.2, -0.15) is 57.4 Å². The van der Waals surface area contributed by atoms with Gasteiger partial charge in [-0.3, -0.25) is 0 Å². The minimum Gasteiger partial charge on any atom is -0.619 e. The molecule has 0 radical (unpaired) electrons. The minimum absolute atomic E-state index is 0.474. The molecule has 0 unspecified atom stereocenters. The van der Waals surface area contributed by atoms with Crippen molar-refractivity contribution in [2.24, 2.45) is 0 Å². The first-order valence-corrected chi connectivity index (χ1v) is 35.5. The van der Waals surface area contributed by atoms with Gasteiger partial charge in [0.25, 0.3) is 0 Å². The van der Waals surface area contributed by atoms with Crippen LogP contribution in [0.15, 0.2) is 268 Å². The van der Waals surface area contributed by atoms with E-state index in [2.05, 4.69) is 120 Å². The number of pyridine rings is 4. The molecule has 0 aliphatic heterocycles. The van der Waals surface area contributed by atoms with E-state index in [0.717, 1.165) is 133 Å². The van der Waals surface area contributed by atoms with Crippen LogP contribution in [0.2, 0.25) is 15.1 Å². The van der Waals surface area contributed by atoms with Gasteiger partial charge in [0, 0.05) is 135 Å². The van der Waals surface area contributed by atoms with E-state index in [9.17, 15) is 20.8 Å². The maximum absolute atomic E-state index is 11.4. The van der Waals surface area contributed by atoms with Crippen LogP contribution in [0.3, 0.4) is 0 Å². The van der Waals surface area contributed by atoms with Gasteiger partial charge in [-0.15, -0.1) is 0 Å². The third-order valence-electron chi connectivity index (χ3n) is 15.5. The molecule has 16 aromatic rings. The summed E-state index contributed by atoms with van der Waals surface area (Å²) in [6.45, 7) is 2.09. The highest BCUT2D eigenvalue weighted by molar-refractivity contribution is 9.11. The number of anilines is 4. The van der Waals surface area contributed by atoms with Crippen LogP contribution >= 0.6 is 98.5 Å². The van der Waals surface area contributed by atoms with Gasteiger partial charge in [0.2, 0.25) is 0 Å². The molecule has 0 fully saturated rings. The van der Waals surface area contributed by atoms with Crippen LogP contribution in [-0.4, -0.2) is 58.4 Å². The summed E-state index contributed by atoms with van der Waals surface area (Å²) in [6, 6.07) is 54.7. The molecule has 0 saturated heterocycles. The molecule has 4 N–H and O–H groups in total. The Morgan fingerprint density at radius 1 is 0.330 bits per heavy atom. The van der Waals surface area contributed by atoms with Crippen molar-refractivity contribution in [2.75, 3.05) is 21.3 Å². The molecule has 0 atom stereocenters. The number of fused-ring (bicyclic) bond motifs is 4. The number of aromatic nitrogens is 16. The second-order valence-corrected chi connectivity index (χ2v) is 27.3. The molecule has 0 aliphatic carbocycles. The van der Waals surface area contributed by atoms with Gasteiger partial charge >= 0.3 is 0 Å². The number of nitrogens with one attached hydrogen (secondary N) is 4. The van der Waals surface area contributed by atoms with Crippen LogP contribution in [0.25, 0.3) is 67.6 Å². The smallest absolute Gasteiger partial charge is 0.185 e. The molecular formula is C72H53Br4Cl3N20O4. The van der Waals surface area contributed by atoms with Crippen molar-refractivity contribution >= 4 is 144 Å². The summed E-state index contributed by atoms with van der Waals surface area (Å²) in [7, 11) is 0. The summed E-state index contributed by atoms with van der Waals surface area (Å²) in [4.78, 5) is 18.7. The third-order valence-corrected chi connectivity index (χ3v) is 18.6. The number of nitrogens with zero attached hydrogens (tertiary/aromatic N) is 16. The van der Waals surface area contributed by atoms with E-state index in [1.807, 2.05) is 140 Å². The molecule has 0 saturated carbocycles. The van der Waals surface area contributed by atoms with Crippen molar-refractivity contribution in [3.8, 4) is 45.0 Å². The predicted octanol–water partition coefficient (Wildman–Crippen LogP) is 15.6. The summed E-state index contributed by atoms with van der Waals surface area (Å²) >= 11 is 32.3. The third kappa shape index (κ3) is 17.4. The highest BCUT2D eigenvalue weighted by Gasteiger charge is 2.18. The standard InChI is InChI=1S/3C18H13BrClN5O.C18H14BrN5O/c19-15-11-22-25-17(21-10-12-5-7-24(26)8-6-12)9-16(23-18(15)25)13-1-3-14(20)4-2-13;19-15-10-22-25-17(21-9-12-2-1-7-24(26)11-12)8-16(23-18(15)25)13-3-5-14(20)6-4-13;19-14-10-22-25-17(21-9-12-4-3-7-24(26)11-12)8-16(23-18(14)25)13-5-1-2-6-15(13)20;19-15-12-21-24-17(20-11-13-6-8-23(25)9-7-13)10-16(22-18(15)24)14-4-2-1-3-5-14/h1-9,11,21H,10H2;2*1-8,10-11,21H,9H2;1-10,12,20H,11H2. The van der Waals surface area contributed by atoms with Gasteiger partial charge in [0.1, 0.15) is 23.3 Å². The average molecular weight is 1690 g/mol. The van der Waals surface area contributed by atoms with Gasteiger partial charge < -0.3 is 42.1 Å². The summed E-state index contributed by atoms with van der Waals surface area (Å²) in [6.07, 6.45) is 18.7. The molecule has 0 spiro atoms. The fourth-order valence-corrected chi connectivity index (χ4v) is 12.3. The normalized spacial score (nSPS) is 11.0. The van der Waals surface area contributed by atoms with Crippen molar-refractivity contribution in [3.63, 3.8) is 0 Å². The van der Waals surface area contributed by atoms with E-state index in [1.165, 1.54) is 49.6 Å². The maximum Gasteiger partial charge on any atom is 0.185 e. The molecule has 12 aromatic heterocycles. The molecule has 0 bridgehead atoms. The fraction of sp³-hybridized carbons (Fsp3) is 0.0556. The molecular weight excluding hydrogens is 1630 g/mol. The average Bonchev–Trinajstić information content (AvgIpc) is 1.74. The van der Waals surface area contributed by atoms with E-state index < -0.39 is 0 Å². The molecule has 16 rings (SSSR count). The molecule has 0 aliphatic rings. The Morgan fingerprint density at radius 2 is 0.650 bits per heavy atom. The van der Waals surface area contributed by atoms with Crippen molar-refractivity contribution in [3.05, 3.63) is 326 Å². The number of hydrogen-bond donors (Lipinski definition) is 4. The van der Waals surface area contributed by atoms with Crippen LogP contribution in [0.5, 0.6) is 0 Å². The molecule has 4 aromatic carbocycles. The lowest BCUT2D eigenvalue weighted by molar-refractivity contribution is -0.606. The first kappa shape index (κ1) is 70.6. The Morgan fingerprint density at radius 3 is 1.01 bits per heavy atom. The largest absolute Gasteiger partial charge is 0.619 e. The molecule has 0 amide bonds. The first-order chi connectivity index (χ1) is 50.0. The fourth-order valence-electron chi connectivity index (χ4n) is 10.5. The van der Waals surface area contributed by atoms with Gasteiger partial charge in [-0.25, -0.2) is 19.9 Å². The zero-order valence-corrected chi connectivity index (χ0v) is 62.0. The van der Waals surface area contributed by atoms with Crippen LogP contribution in [0.1, 0.15) is 22.3 Å². The lowest BCUT2D eigenvalue weighted by Crippen LogP contribution is -2.25. The van der Waals surface area contributed by atoms with Crippen LogP contribution in [-0.2, 0) is 26.2 Å². The van der Waals surface area contributed by atoms with E-state index >= 15 is 0 Å². The molecule has 514 valence electrons. The van der Waals surface area contributed by atoms with E-state index in [1.54, 1.807) is 79.2 Å². The van der Waals surface area contributed by atoms with Gasteiger partial charge in [-0.05, 0) is 117 Å². The summed E-state index contributed by atoms with van der Waals surface area (Å²) < 4.78 is 13.2. The van der Waals surface area contributed by atoms with Gasteiger partial charge in [0.05, 0.1) is 65.5 Å². The summed E-state index contributed by atoms with van der Waals surface area (Å²) in [5.74, 6) is 3.14. The van der Waals surface area contributed by atoms with Crippen LogP contribution in [0, 0.1) is 20.8 Å². The second-order valence-electron chi connectivity index (χ2n) is 22.6. The summed E-state index contributed by atoms with van der Waals surface area (Å²) in [5, 5.41) is 78.0. The number of benzene rings is 4. The van der Waals surface area contributed by atoms with Gasteiger partial charge in [-0.1, -0.05) is 108 Å². The molecule has 24 nitrogen and oxygen atoms in total. The Labute approximate surface area is 635 Å². The van der Waals surface area contributed by atoms with E-state index in [-0.39, 0.29) is 0 Å². The predicted molar refractivity (Wildman–Crippen MR) is 410 cm³/mol.